The minimum Gasteiger partial charge on any atom is -0.311 e. The van der Waals surface area contributed by atoms with Crippen LogP contribution in [0.15, 0.2) is 0 Å². The standard InChI is InChI=1S/C13H26N2S2/c1-13(2)3-8-17-11-12(13)14-4-5-15-6-9-16-10-7-15/h12,14H,3-11H2,1-2H3. The van der Waals surface area contributed by atoms with E-state index in [9.17, 15) is 0 Å². The summed E-state index contributed by atoms with van der Waals surface area (Å²) < 4.78 is 0. The average Bonchev–Trinajstić information content (AvgIpc) is 2.32. The van der Waals surface area contributed by atoms with Crippen LogP contribution in [0.5, 0.6) is 0 Å². The van der Waals surface area contributed by atoms with E-state index in [4.69, 9.17) is 0 Å². The summed E-state index contributed by atoms with van der Waals surface area (Å²) in [5.41, 5.74) is 0.489. The van der Waals surface area contributed by atoms with Crippen molar-refractivity contribution in [1.29, 1.82) is 0 Å². The van der Waals surface area contributed by atoms with Gasteiger partial charge in [-0.2, -0.15) is 23.5 Å². The molecular weight excluding hydrogens is 248 g/mol. The normalized spacial score (nSPS) is 30.4. The first-order valence-electron chi connectivity index (χ1n) is 6.80. The highest BCUT2D eigenvalue weighted by atomic mass is 32.2. The lowest BCUT2D eigenvalue weighted by Gasteiger charge is -2.39. The molecule has 1 unspecified atom stereocenters. The molecule has 100 valence electrons. The van der Waals surface area contributed by atoms with Crippen molar-refractivity contribution in [2.24, 2.45) is 5.41 Å². The zero-order valence-electron chi connectivity index (χ0n) is 11.2. The van der Waals surface area contributed by atoms with Crippen LogP contribution in [0.25, 0.3) is 0 Å². The van der Waals surface area contributed by atoms with E-state index in [2.05, 4.69) is 47.6 Å². The van der Waals surface area contributed by atoms with E-state index in [1.54, 1.807) is 0 Å². The highest BCUT2D eigenvalue weighted by Gasteiger charge is 2.31. The second kappa shape index (κ2) is 6.69. The summed E-state index contributed by atoms with van der Waals surface area (Å²) in [5, 5.41) is 3.79. The maximum absolute atomic E-state index is 3.79. The van der Waals surface area contributed by atoms with Gasteiger partial charge in [0.25, 0.3) is 0 Å². The fraction of sp³-hybridized carbons (Fsp3) is 1.00. The third kappa shape index (κ3) is 4.34. The second-order valence-electron chi connectivity index (χ2n) is 5.77. The van der Waals surface area contributed by atoms with E-state index < -0.39 is 0 Å². The Morgan fingerprint density at radius 3 is 2.65 bits per heavy atom. The molecule has 0 bridgehead atoms. The number of hydrogen-bond acceptors (Lipinski definition) is 4. The van der Waals surface area contributed by atoms with Gasteiger partial charge in [0.05, 0.1) is 0 Å². The van der Waals surface area contributed by atoms with E-state index in [-0.39, 0.29) is 0 Å². The molecule has 0 aliphatic carbocycles. The van der Waals surface area contributed by atoms with Gasteiger partial charge in [0, 0.05) is 49.5 Å². The van der Waals surface area contributed by atoms with Gasteiger partial charge in [-0.05, 0) is 17.6 Å². The van der Waals surface area contributed by atoms with Crippen molar-refractivity contribution in [2.75, 3.05) is 49.2 Å². The number of thioether (sulfide) groups is 2. The van der Waals surface area contributed by atoms with Gasteiger partial charge in [0.1, 0.15) is 0 Å². The number of nitrogens with one attached hydrogen (secondary N) is 1. The van der Waals surface area contributed by atoms with Gasteiger partial charge in [-0.3, -0.25) is 0 Å². The maximum Gasteiger partial charge on any atom is 0.0210 e. The molecule has 0 amide bonds. The zero-order valence-corrected chi connectivity index (χ0v) is 12.8. The minimum absolute atomic E-state index is 0.489. The maximum atomic E-state index is 3.79. The van der Waals surface area contributed by atoms with Crippen molar-refractivity contribution < 1.29 is 0 Å². The number of nitrogens with zero attached hydrogens (tertiary/aromatic N) is 1. The van der Waals surface area contributed by atoms with Gasteiger partial charge in [-0.1, -0.05) is 13.8 Å². The third-order valence-electron chi connectivity index (χ3n) is 4.04. The summed E-state index contributed by atoms with van der Waals surface area (Å²) in [4.78, 5) is 2.60. The van der Waals surface area contributed by atoms with Gasteiger partial charge < -0.3 is 10.2 Å². The Bertz CT molecular complexity index is 227. The average molecular weight is 274 g/mol. The predicted molar refractivity (Wildman–Crippen MR) is 81.3 cm³/mol. The van der Waals surface area contributed by atoms with Crippen molar-refractivity contribution in [3.63, 3.8) is 0 Å². The van der Waals surface area contributed by atoms with E-state index in [1.165, 1.54) is 55.6 Å². The molecule has 2 aliphatic rings. The van der Waals surface area contributed by atoms with Crippen LogP contribution in [0.3, 0.4) is 0 Å². The molecule has 1 atom stereocenters. The zero-order chi connectivity index (χ0) is 12.1. The number of rotatable bonds is 4. The fourth-order valence-electron chi connectivity index (χ4n) is 2.49. The molecule has 2 saturated heterocycles. The van der Waals surface area contributed by atoms with Crippen molar-refractivity contribution in [1.82, 2.24) is 10.2 Å². The Labute approximate surface area is 115 Å². The molecule has 0 aromatic heterocycles. The molecule has 0 aromatic carbocycles. The Balaban J connectivity index is 1.66. The van der Waals surface area contributed by atoms with Crippen molar-refractivity contribution in [2.45, 2.75) is 26.3 Å². The van der Waals surface area contributed by atoms with Gasteiger partial charge >= 0.3 is 0 Å². The summed E-state index contributed by atoms with van der Waals surface area (Å²) in [5.74, 6) is 5.28. The fourth-order valence-corrected chi connectivity index (χ4v) is 5.11. The first-order valence-corrected chi connectivity index (χ1v) is 9.11. The van der Waals surface area contributed by atoms with Crippen LogP contribution in [-0.2, 0) is 0 Å². The van der Waals surface area contributed by atoms with Crippen molar-refractivity contribution in [3.8, 4) is 0 Å². The molecule has 0 spiro atoms. The van der Waals surface area contributed by atoms with Crippen LogP contribution in [0, 0.1) is 5.41 Å². The quantitative estimate of drug-likeness (QED) is 0.844. The van der Waals surface area contributed by atoms with Crippen LogP contribution >= 0.6 is 23.5 Å². The summed E-state index contributed by atoms with van der Waals surface area (Å²) >= 11 is 4.21. The predicted octanol–water partition coefficient (Wildman–Crippen LogP) is 2.16. The molecule has 1 N–H and O–H groups in total. The first-order chi connectivity index (χ1) is 8.18. The monoisotopic (exact) mass is 274 g/mol. The topological polar surface area (TPSA) is 15.3 Å². The molecule has 4 heteroatoms. The summed E-state index contributed by atoms with van der Waals surface area (Å²) in [7, 11) is 0. The molecule has 2 heterocycles. The smallest absolute Gasteiger partial charge is 0.0210 e. The van der Waals surface area contributed by atoms with Gasteiger partial charge in [-0.15, -0.1) is 0 Å². The highest BCUT2D eigenvalue weighted by molar-refractivity contribution is 7.99. The van der Waals surface area contributed by atoms with Crippen LogP contribution in [0.1, 0.15) is 20.3 Å². The number of hydrogen-bond donors (Lipinski definition) is 1. The summed E-state index contributed by atoms with van der Waals surface area (Å²) in [6.07, 6.45) is 1.36. The molecular formula is C13H26N2S2. The summed E-state index contributed by atoms with van der Waals surface area (Å²) in [6, 6.07) is 0.709. The first kappa shape index (κ1) is 14.0. The third-order valence-corrected chi connectivity index (χ3v) is 6.05. The minimum atomic E-state index is 0.489. The Kier molecular flexibility index (Phi) is 5.52. The Hall–Kier alpha value is 0.620. The van der Waals surface area contributed by atoms with Crippen LogP contribution in [0.4, 0.5) is 0 Å². The van der Waals surface area contributed by atoms with Gasteiger partial charge in [0.2, 0.25) is 0 Å². The SMILES string of the molecule is CC1(C)CCSCC1NCCN1CCSCC1. The van der Waals surface area contributed by atoms with Crippen molar-refractivity contribution >= 4 is 23.5 Å². The Morgan fingerprint density at radius 2 is 1.94 bits per heavy atom. The van der Waals surface area contributed by atoms with E-state index in [0.717, 1.165) is 0 Å². The molecule has 0 radical (unpaired) electrons. The molecule has 0 saturated carbocycles. The molecule has 2 rings (SSSR count). The molecule has 2 nitrogen and oxygen atoms in total. The van der Waals surface area contributed by atoms with Crippen molar-refractivity contribution in [3.05, 3.63) is 0 Å². The largest absolute Gasteiger partial charge is 0.311 e. The van der Waals surface area contributed by atoms with Crippen LogP contribution in [0.2, 0.25) is 0 Å². The molecule has 2 fully saturated rings. The van der Waals surface area contributed by atoms with E-state index in [1.807, 2.05) is 0 Å². The highest BCUT2D eigenvalue weighted by Crippen LogP contribution is 2.33. The Morgan fingerprint density at radius 1 is 1.18 bits per heavy atom. The second-order valence-corrected chi connectivity index (χ2v) is 8.15. The molecule has 17 heavy (non-hydrogen) atoms. The van der Waals surface area contributed by atoms with Crippen LogP contribution < -0.4 is 5.32 Å². The van der Waals surface area contributed by atoms with Gasteiger partial charge in [0.15, 0.2) is 0 Å². The molecule has 0 aromatic rings. The summed E-state index contributed by atoms with van der Waals surface area (Å²) in [6.45, 7) is 9.81. The lowest BCUT2D eigenvalue weighted by atomic mass is 9.82. The van der Waals surface area contributed by atoms with E-state index in [0.29, 0.717) is 11.5 Å². The van der Waals surface area contributed by atoms with Crippen LogP contribution in [-0.4, -0.2) is 60.1 Å². The van der Waals surface area contributed by atoms with Gasteiger partial charge in [-0.25, -0.2) is 0 Å². The van der Waals surface area contributed by atoms with E-state index >= 15 is 0 Å². The molecule has 2 aliphatic heterocycles. The lowest BCUT2D eigenvalue weighted by molar-refractivity contribution is 0.229. The lowest BCUT2D eigenvalue weighted by Crippen LogP contribution is -2.49.